The SMILES string of the molecule is CNc1ncnc(NC2CCCNC2)c1C(=N)c1ccc(C(=O)Nc2ccccn2)cc1. The van der Waals surface area contributed by atoms with Crippen molar-refractivity contribution in [3.05, 3.63) is 71.7 Å². The van der Waals surface area contributed by atoms with Crippen LogP contribution in [0.5, 0.6) is 0 Å². The predicted molar refractivity (Wildman–Crippen MR) is 126 cm³/mol. The lowest BCUT2D eigenvalue weighted by atomic mass is 10.0. The van der Waals surface area contributed by atoms with Crippen molar-refractivity contribution in [3.63, 3.8) is 0 Å². The molecule has 0 radical (unpaired) electrons. The van der Waals surface area contributed by atoms with Gasteiger partial charge in [0.1, 0.15) is 23.8 Å². The van der Waals surface area contributed by atoms with E-state index < -0.39 is 0 Å². The molecule has 3 aromatic rings. The summed E-state index contributed by atoms with van der Waals surface area (Å²) in [4.78, 5) is 25.3. The van der Waals surface area contributed by atoms with Gasteiger partial charge in [-0.05, 0) is 43.7 Å². The minimum absolute atomic E-state index is 0.243. The van der Waals surface area contributed by atoms with Gasteiger partial charge in [0.15, 0.2) is 0 Å². The predicted octanol–water partition coefficient (Wildman–Crippen LogP) is 2.75. The van der Waals surface area contributed by atoms with Gasteiger partial charge in [0.05, 0.1) is 11.3 Å². The summed E-state index contributed by atoms with van der Waals surface area (Å²) < 4.78 is 0. The third-order valence-electron chi connectivity index (χ3n) is 5.31. The van der Waals surface area contributed by atoms with Gasteiger partial charge in [-0.15, -0.1) is 0 Å². The molecule has 0 aliphatic carbocycles. The van der Waals surface area contributed by atoms with Crippen molar-refractivity contribution < 1.29 is 4.79 Å². The Balaban J connectivity index is 1.55. The molecule has 1 fully saturated rings. The number of pyridine rings is 1. The highest BCUT2D eigenvalue weighted by molar-refractivity contribution is 6.16. The first-order chi connectivity index (χ1) is 15.7. The summed E-state index contributed by atoms with van der Waals surface area (Å²) in [5, 5.41) is 21.5. The first-order valence-electron chi connectivity index (χ1n) is 10.6. The molecule has 32 heavy (non-hydrogen) atoms. The van der Waals surface area contributed by atoms with Crippen LogP contribution in [0.1, 0.15) is 34.3 Å². The topological polar surface area (TPSA) is 128 Å². The fraction of sp³-hybridized carbons (Fsp3) is 0.261. The van der Waals surface area contributed by atoms with Crippen molar-refractivity contribution in [3.8, 4) is 0 Å². The van der Waals surface area contributed by atoms with Gasteiger partial charge in [0, 0.05) is 37.0 Å². The van der Waals surface area contributed by atoms with E-state index in [4.69, 9.17) is 5.41 Å². The Morgan fingerprint density at radius 2 is 1.84 bits per heavy atom. The summed E-state index contributed by atoms with van der Waals surface area (Å²) in [6, 6.07) is 12.5. The average Bonchev–Trinajstić information content (AvgIpc) is 2.85. The lowest BCUT2D eigenvalue weighted by Crippen LogP contribution is -2.39. The van der Waals surface area contributed by atoms with Crippen molar-refractivity contribution >= 4 is 29.1 Å². The second-order valence-corrected chi connectivity index (χ2v) is 7.50. The van der Waals surface area contributed by atoms with Crippen LogP contribution in [-0.4, -0.2) is 52.7 Å². The van der Waals surface area contributed by atoms with E-state index in [-0.39, 0.29) is 17.7 Å². The molecule has 9 nitrogen and oxygen atoms in total. The Morgan fingerprint density at radius 3 is 2.53 bits per heavy atom. The maximum atomic E-state index is 12.5. The third-order valence-corrected chi connectivity index (χ3v) is 5.31. The molecule has 2 aromatic heterocycles. The minimum Gasteiger partial charge on any atom is -0.372 e. The molecule has 164 valence electrons. The second-order valence-electron chi connectivity index (χ2n) is 7.50. The van der Waals surface area contributed by atoms with E-state index in [0.717, 1.165) is 25.9 Å². The minimum atomic E-state index is -0.257. The normalized spacial score (nSPS) is 15.6. The van der Waals surface area contributed by atoms with Gasteiger partial charge < -0.3 is 21.3 Å². The number of anilines is 3. The number of aromatic nitrogens is 3. The molecule has 1 atom stereocenters. The largest absolute Gasteiger partial charge is 0.372 e. The number of nitrogens with one attached hydrogen (secondary N) is 5. The Hall–Kier alpha value is -3.85. The van der Waals surface area contributed by atoms with Crippen LogP contribution in [0.3, 0.4) is 0 Å². The third kappa shape index (κ3) is 4.89. The molecule has 1 amide bonds. The zero-order valence-corrected chi connectivity index (χ0v) is 17.9. The van der Waals surface area contributed by atoms with Gasteiger partial charge in [-0.3, -0.25) is 10.2 Å². The Bertz CT molecular complexity index is 1080. The van der Waals surface area contributed by atoms with Crippen molar-refractivity contribution in [2.45, 2.75) is 18.9 Å². The number of hydrogen-bond acceptors (Lipinski definition) is 8. The first kappa shape index (κ1) is 21.4. The Labute approximate surface area is 186 Å². The molecule has 5 N–H and O–H groups in total. The molecule has 1 aliphatic heterocycles. The van der Waals surface area contributed by atoms with E-state index >= 15 is 0 Å². The quantitative estimate of drug-likeness (QED) is 0.365. The number of amides is 1. The van der Waals surface area contributed by atoms with Crippen molar-refractivity contribution in [1.29, 1.82) is 5.41 Å². The molecule has 1 aliphatic rings. The number of carbonyl (C=O) groups is 1. The van der Waals surface area contributed by atoms with Gasteiger partial charge in [-0.1, -0.05) is 18.2 Å². The number of benzene rings is 1. The Morgan fingerprint density at radius 1 is 1.06 bits per heavy atom. The van der Waals surface area contributed by atoms with Crippen LogP contribution in [-0.2, 0) is 0 Å². The monoisotopic (exact) mass is 430 g/mol. The standard InChI is InChI=1S/C23H26N8O/c1-25-21-19(22(29-14-28-21)30-17-5-4-11-26-13-17)20(24)15-7-9-16(10-8-15)23(32)31-18-6-2-3-12-27-18/h2-3,6-10,12,14,17,24,26H,4-5,11,13H2,1H3,(H,27,31,32)(H2,25,28,29,30). The molecular formula is C23H26N8O. The maximum absolute atomic E-state index is 12.5. The van der Waals surface area contributed by atoms with E-state index in [0.29, 0.717) is 34.1 Å². The smallest absolute Gasteiger partial charge is 0.256 e. The van der Waals surface area contributed by atoms with Gasteiger partial charge in [0.25, 0.3) is 5.91 Å². The van der Waals surface area contributed by atoms with E-state index in [1.807, 2.05) is 6.07 Å². The maximum Gasteiger partial charge on any atom is 0.256 e. The number of piperidine rings is 1. The van der Waals surface area contributed by atoms with E-state index in [1.54, 1.807) is 49.6 Å². The zero-order valence-electron chi connectivity index (χ0n) is 17.9. The number of rotatable bonds is 7. The molecule has 1 unspecified atom stereocenters. The summed E-state index contributed by atoms with van der Waals surface area (Å²) >= 11 is 0. The fourth-order valence-corrected chi connectivity index (χ4v) is 3.65. The first-order valence-corrected chi connectivity index (χ1v) is 10.6. The molecule has 1 aromatic carbocycles. The van der Waals surface area contributed by atoms with Crippen LogP contribution in [0, 0.1) is 5.41 Å². The van der Waals surface area contributed by atoms with Crippen LogP contribution in [0.2, 0.25) is 0 Å². The summed E-state index contributed by atoms with van der Waals surface area (Å²) in [6.07, 6.45) is 5.25. The number of nitrogens with zero attached hydrogens (tertiary/aromatic N) is 3. The van der Waals surface area contributed by atoms with E-state index in [2.05, 4.69) is 36.2 Å². The molecule has 3 heterocycles. The summed E-state index contributed by atoms with van der Waals surface area (Å²) in [7, 11) is 1.77. The van der Waals surface area contributed by atoms with Crippen molar-refractivity contribution in [2.75, 3.05) is 36.1 Å². The lowest BCUT2D eigenvalue weighted by molar-refractivity contribution is 0.102. The van der Waals surface area contributed by atoms with Crippen molar-refractivity contribution in [2.24, 2.45) is 0 Å². The average molecular weight is 431 g/mol. The highest BCUT2D eigenvalue weighted by Gasteiger charge is 2.21. The molecule has 4 rings (SSSR count). The van der Waals surface area contributed by atoms with Gasteiger partial charge >= 0.3 is 0 Å². The molecule has 9 heteroatoms. The molecule has 1 saturated heterocycles. The van der Waals surface area contributed by atoms with E-state index in [9.17, 15) is 4.79 Å². The molecule has 0 spiro atoms. The zero-order chi connectivity index (χ0) is 22.3. The van der Waals surface area contributed by atoms with Gasteiger partial charge in [-0.25, -0.2) is 15.0 Å². The lowest BCUT2D eigenvalue weighted by Gasteiger charge is -2.25. The van der Waals surface area contributed by atoms with Crippen LogP contribution >= 0.6 is 0 Å². The fourth-order valence-electron chi connectivity index (χ4n) is 3.65. The summed E-state index contributed by atoms with van der Waals surface area (Å²) in [6.45, 7) is 1.87. The summed E-state index contributed by atoms with van der Waals surface area (Å²) in [5.74, 6) is 1.43. The Kier molecular flexibility index (Phi) is 6.66. The van der Waals surface area contributed by atoms with Crippen LogP contribution in [0.15, 0.2) is 55.0 Å². The highest BCUT2D eigenvalue weighted by atomic mass is 16.1. The van der Waals surface area contributed by atoms with Crippen LogP contribution < -0.4 is 21.3 Å². The molecule has 0 bridgehead atoms. The van der Waals surface area contributed by atoms with Gasteiger partial charge in [0.2, 0.25) is 0 Å². The van der Waals surface area contributed by atoms with Crippen molar-refractivity contribution in [1.82, 2.24) is 20.3 Å². The number of hydrogen-bond donors (Lipinski definition) is 5. The van der Waals surface area contributed by atoms with Crippen LogP contribution in [0.25, 0.3) is 0 Å². The molecular weight excluding hydrogens is 404 g/mol. The number of carbonyl (C=O) groups excluding carboxylic acids is 1. The van der Waals surface area contributed by atoms with E-state index in [1.165, 1.54) is 6.33 Å². The summed E-state index contributed by atoms with van der Waals surface area (Å²) in [5.41, 5.74) is 2.02. The molecule has 0 saturated carbocycles. The second kappa shape index (κ2) is 9.97. The van der Waals surface area contributed by atoms with Crippen LogP contribution in [0.4, 0.5) is 17.5 Å². The van der Waals surface area contributed by atoms with Gasteiger partial charge in [-0.2, -0.15) is 0 Å². The highest BCUT2D eigenvalue weighted by Crippen LogP contribution is 2.25.